The van der Waals surface area contributed by atoms with E-state index in [1.165, 1.54) is 6.07 Å². The molecule has 7 heteroatoms. The summed E-state index contributed by atoms with van der Waals surface area (Å²) in [7, 11) is 0. The lowest BCUT2D eigenvalue weighted by Crippen LogP contribution is -2.51. The fourth-order valence-electron chi connectivity index (χ4n) is 2.61. The third-order valence-corrected chi connectivity index (χ3v) is 4.03. The molecule has 21 heavy (non-hydrogen) atoms. The summed E-state index contributed by atoms with van der Waals surface area (Å²) >= 11 is 5.79. The van der Waals surface area contributed by atoms with Gasteiger partial charge in [0, 0.05) is 25.7 Å². The van der Waals surface area contributed by atoms with Gasteiger partial charge in [0.25, 0.3) is 5.91 Å². The lowest BCUT2D eigenvalue weighted by Gasteiger charge is -2.31. The second-order valence-corrected chi connectivity index (χ2v) is 5.58. The minimum absolute atomic E-state index is 0.0804. The number of rotatable bonds is 1. The first kappa shape index (κ1) is 14.3. The second-order valence-electron chi connectivity index (χ2n) is 5.20. The quantitative estimate of drug-likeness (QED) is 0.850. The van der Waals surface area contributed by atoms with Gasteiger partial charge in [-0.15, -0.1) is 0 Å². The van der Waals surface area contributed by atoms with Crippen molar-refractivity contribution in [3.05, 3.63) is 34.5 Å². The summed E-state index contributed by atoms with van der Waals surface area (Å²) in [5.41, 5.74) is 0.136. The van der Waals surface area contributed by atoms with Crippen molar-refractivity contribution in [2.24, 2.45) is 0 Å². The van der Waals surface area contributed by atoms with Gasteiger partial charge in [-0.05, 0) is 19.1 Å². The third kappa shape index (κ3) is 2.38. The zero-order valence-corrected chi connectivity index (χ0v) is 12.1. The number of aromatic amines is 1. The van der Waals surface area contributed by atoms with Crippen molar-refractivity contribution in [2.45, 2.75) is 13.0 Å². The number of fused-ring (bicyclic) bond motifs is 1. The van der Waals surface area contributed by atoms with Gasteiger partial charge in [-0.3, -0.25) is 4.79 Å². The fourth-order valence-corrected chi connectivity index (χ4v) is 2.85. The molecular weight excluding hydrogens is 300 g/mol. The van der Waals surface area contributed by atoms with Gasteiger partial charge in [0.15, 0.2) is 5.82 Å². The van der Waals surface area contributed by atoms with Crippen LogP contribution in [-0.4, -0.2) is 41.5 Å². The number of carbonyl (C=O) groups excluding carboxylic acids is 1. The SMILES string of the molecule is C[C@@H]1CN(C(=O)c2[nH]c3ccc(F)c(Cl)c3c2F)CCN1. The van der Waals surface area contributed by atoms with Gasteiger partial charge in [0.2, 0.25) is 0 Å². The molecule has 0 aliphatic carbocycles. The van der Waals surface area contributed by atoms with E-state index in [0.29, 0.717) is 25.2 Å². The van der Waals surface area contributed by atoms with Crippen LogP contribution >= 0.6 is 11.6 Å². The van der Waals surface area contributed by atoms with Crippen LogP contribution in [0.4, 0.5) is 8.78 Å². The number of benzene rings is 1. The van der Waals surface area contributed by atoms with Gasteiger partial charge < -0.3 is 15.2 Å². The number of amides is 1. The van der Waals surface area contributed by atoms with Crippen molar-refractivity contribution in [3.63, 3.8) is 0 Å². The van der Waals surface area contributed by atoms with Gasteiger partial charge in [0.1, 0.15) is 11.5 Å². The Morgan fingerprint density at radius 2 is 2.19 bits per heavy atom. The molecule has 0 saturated carbocycles. The zero-order chi connectivity index (χ0) is 15.1. The van der Waals surface area contributed by atoms with Crippen LogP contribution in [0.25, 0.3) is 10.9 Å². The first-order valence-corrected chi connectivity index (χ1v) is 7.04. The molecule has 0 unspecified atom stereocenters. The Bertz CT molecular complexity index is 716. The van der Waals surface area contributed by atoms with Crippen LogP contribution in [0.5, 0.6) is 0 Å². The highest BCUT2D eigenvalue weighted by Crippen LogP contribution is 2.30. The van der Waals surface area contributed by atoms with Crippen LogP contribution in [0.1, 0.15) is 17.4 Å². The molecule has 1 fully saturated rings. The molecule has 4 nitrogen and oxygen atoms in total. The molecule has 2 N–H and O–H groups in total. The second kappa shape index (κ2) is 5.27. The zero-order valence-electron chi connectivity index (χ0n) is 11.3. The molecule has 1 aliphatic heterocycles. The number of piperazine rings is 1. The van der Waals surface area contributed by atoms with E-state index in [4.69, 9.17) is 11.6 Å². The molecule has 0 spiro atoms. The molecule has 112 valence electrons. The number of H-pyrrole nitrogens is 1. The minimum Gasteiger partial charge on any atom is -0.348 e. The maximum atomic E-state index is 14.4. The lowest BCUT2D eigenvalue weighted by molar-refractivity contribution is 0.0699. The van der Waals surface area contributed by atoms with E-state index in [-0.39, 0.29) is 22.1 Å². The van der Waals surface area contributed by atoms with Gasteiger partial charge >= 0.3 is 0 Å². The van der Waals surface area contributed by atoms with E-state index < -0.39 is 17.5 Å². The van der Waals surface area contributed by atoms with Gasteiger partial charge in [-0.2, -0.15) is 0 Å². The van der Waals surface area contributed by atoms with Crippen molar-refractivity contribution in [1.82, 2.24) is 15.2 Å². The summed E-state index contributed by atoms with van der Waals surface area (Å²) < 4.78 is 27.9. The van der Waals surface area contributed by atoms with Crippen LogP contribution in [-0.2, 0) is 0 Å². The van der Waals surface area contributed by atoms with Crippen LogP contribution in [0.15, 0.2) is 12.1 Å². The van der Waals surface area contributed by atoms with Crippen molar-refractivity contribution >= 4 is 28.4 Å². The summed E-state index contributed by atoms with van der Waals surface area (Å²) in [5.74, 6) is -1.95. The van der Waals surface area contributed by atoms with Crippen molar-refractivity contribution in [3.8, 4) is 0 Å². The Morgan fingerprint density at radius 3 is 2.90 bits per heavy atom. The van der Waals surface area contributed by atoms with Gasteiger partial charge in [-0.25, -0.2) is 8.78 Å². The van der Waals surface area contributed by atoms with Crippen molar-refractivity contribution in [2.75, 3.05) is 19.6 Å². The molecule has 0 radical (unpaired) electrons. The van der Waals surface area contributed by atoms with Gasteiger partial charge in [0.05, 0.1) is 15.9 Å². The fraction of sp³-hybridized carbons (Fsp3) is 0.357. The average molecular weight is 314 g/mol. The Morgan fingerprint density at radius 1 is 1.43 bits per heavy atom. The summed E-state index contributed by atoms with van der Waals surface area (Å²) in [4.78, 5) is 16.7. The van der Waals surface area contributed by atoms with E-state index in [1.807, 2.05) is 6.92 Å². The molecule has 1 aliphatic rings. The number of nitrogens with zero attached hydrogens (tertiary/aromatic N) is 1. The molecular formula is C14H14ClF2N3O. The molecule has 0 bridgehead atoms. The maximum absolute atomic E-state index is 14.4. The average Bonchev–Trinajstić information content (AvgIpc) is 2.80. The van der Waals surface area contributed by atoms with Gasteiger partial charge in [-0.1, -0.05) is 11.6 Å². The van der Waals surface area contributed by atoms with Crippen LogP contribution in [0.2, 0.25) is 5.02 Å². The monoisotopic (exact) mass is 313 g/mol. The summed E-state index contributed by atoms with van der Waals surface area (Å²) in [6.07, 6.45) is 0. The highest BCUT2D eigenvalue weighted by molar-refractivity contribution is 6.35. The smallest absolute Gasteiger partial charge is 0.273 e. The standard InChI is InChI=1S/C14H14ClF2N3O/c1-7-6-20(5-4-18-7)14(21)13-12(17)10-9(19-13)3-2-8(16)11(10)15/h2-3,7,18-19H,4-6H2,1H3/t7-/m1/s1. The number of nitrogens with one attached hydrogen (secondary N) is 2. The third-order valence-electron chi connectivity index (χ3n) is 3.66. The van der Waals surface area contributed by atoms with Crippen LogP contribution in [0, 0.1) is 11.6 Å². The predicted octanol–water partition coefficient (Wildman–Crippen LogP) is 2.53. The molecule has 1 amide bonds. The Hall–Kier alpha value is -1.66. The van der Waals surface area contributed by atoms with Crippen LogP contribution < -0.4 is 5.32 Å². The highest BCUT2D eigenvalue weighted by Gasteiger charge is 2.27. The Kier molecular flexibility index (Phi) is 3.59. The molecule has 3 rings (SSSR count). The largest absolute Gasteiger partial charge is 0.348 e. The highest BCUT2D eigenvalue weighted by atomic mass is 35.5. The Balaban J connectivity index is 2.02. The summed E-state index contributed by atoms with van der Waals surface area (Å²) in [6.45, 7) is 3.60. The molecule has 2 heterocycles. The number of hydrogen-bond donors (Lipinski definition) is 2. The number of hydrogen-bond acceptors (Lipinski definition) is 2. The molecule has 1 aromatic carbocycles. The van der Waals surface area contributed by atoms with E-state index in [1.54, 1.807) is 4.90 Å². The molecule has 1 aromatic heterocycles. The molecule has 2 aromatic rings. The minimum atomic E-state index is -0.800. The van der Waals surface area contributed by atoms with Crippen molar-refractivity contribution < 1.29 is 13.6 Å². The van der Waals surface area contributed by atoms with Crippen LogP contribution in [0.3, 0.4) is 0 Å². The topological polar surface area (TPSA) is 48.1 Å². The van der Waals surface area contributed by atoms with E-state index in [0.717, 1.165) is 6.07 Å². The lowest BCUT2D eigenvalue weighted by atomic mass is 10.2. The first-order valence-electron chi connectivity index (χ1n) is 6.67. The maximum Gasteiger partial charge on any atom is 0.273 e. The molecule has 1 atom stereocenters. The van der Waals surface area contributed by atoms with Crippen molar-refractivity contribution in [1.29, 1.82) is 0 Å². The summed E-state index contributed by atoms with van der Waals surface area (Å²) in [6, 6.07) is 2.66. The summed E-state index contributed by atoms with van der Waals surface area (Å²) in [5, 5.41) is 2.82. The first-order chi connectivity index (χ1) is 9.99. The van der Waals surface area contributed by atoms with E-state index >= 15 is 0 Å². The number of aromatic nitrogens is 1. The van der Waals surface area contributed by atoms with E-state index in [2.05, 4.69) is 10.3 Å². The number of carbonyl (C=O) groups is 1. The predicted molar refractivity (Wildman–Crippen MR) is 76.6 cm³/mol. The van der Waals surface area contributed by atoms with E-state index in [9.17, 15) is 13.6 Å². The molecule has 1 saturated heterocycles. The number of halogens is 3. The normalized spacial score (nSPS) is 19.2. The Labute approximate surface area is 125 Å².